The lowest BCUT2D eigenvalue weighted by atomic mass is 10.1. The van der Waals surface area contributed by atoms with E-state index in [1.807, 2.05) is 0 Å². The lowest BCUT2D eigenvalue weighted by Gasteiger charge is -2.07. The third kappa shape index (κ3) is 2.80. The van der Waals surface area contributed by atoms with E-state index in [0.717, 1.165) is 10.9 Å². The van der Waals surface area contributed by atoms with Gasteiger partial charge in [-0.3, -0.25) is 4.79 Å². The van der Waals surface area contributed by atoms with Crippen LogP contribution in [0.4, 0.5) is 5.82 Å². The summed E-state index contributed by atoms with van der Waals surface area (Å²) < 4.78 is 1.76. The normalized spacial score (nSPS) is 10.5. The Kier molecular flexibility index (Phi) is 3.57. The second kappa shape index (κ2) is 5.69. The summed E-state index contributed by atoms with van der Waals surface area (Å²) >= 11 is 0. The molecule has 1 amide bonds. The van der Waals surface area contributed by atoms with E-state index in [1.165, 1.54) is 6.07 Å². The summed E-state index contributed by atoms with van der Waals surface area (Å²) in [5.74, 6) is -0.668. The molecule has 0 saturated heterocycles. The number of aromatic nitrogens is 2. The number of carbonyl (C=O) groups excluding carboxylic acids is 1. The van der Waals surface area contributed by atoms with Crippen molar-refractivity contribution in [3.63, 3.8) is 0 Å². The number of aromatic carboxylic acids is 1. The molecule has 3 aromatic rings. The highest BCUT2D eigenvalue weighted by Crippen LogP contribution is 2.18. The van der Waals surface area contributed by atoms with Crippen LogP contribution in [0.3, 0.4) is 0 Å². The quantitative estimate of drug-likeness (QED) is 0.774. The fourth-order valence-electron chi connectivity index (χ4n) is 2.24. The molecule has 0 radical (unpaired) electrons. The largest absolute Gasteiger partial charge is 0.478 e. The maximum absolute atomic E-state index is 12.0. The lowest BCUT2D eigenvalue weighted by Crippen LogP contribution is -2.18. The number of benzene rings is 1. The van der Waals surface area contributed by atoms with E-state index in [-0.39, 0.29) is 18.0 Å². The van der Waals surface area contributed by atoms with Crippen LogP contribution >= 0.6 is 0 Å². The minimum atomic E-state index is -0.970. The molecule has 0 saturated carbocycles. The van der Waals surface area contributed by atoms with E-state index in [2.05, 4.69) is 10.3 Å². The number of amides is 1. The second-order valence-corrected chi connectivity index (χ2v) is 4.79. The van der Waals surface area contributed by atoms with Gasteiger partial charge in [0.2, 0.25) is 5.91 Å². The number of carbonyl (C=O) groups is 2. The van der Waals surface area contributed by atoms with Gasteiger partial charge in [0, 0.05) is 23.3 Å². The number of anilines is 1. The van der Waals surface area contributed by atoms with Gasteiger partial charge in [0.25, 0.3) is 0 Å². The van der Waals surface area contributed by atoms with E-state index < -0.39 is 5.97 Å². The molecule has 6 heteroatoms. The van der Waals surface area contributed by atoms with Gasteiger partial charge in [0.1, 0.15) is 12.4 Å². The van der Waals surface area contributed by atoms with Crippen molar-refractivity contribution in [2.75, 3.05) is 5.32 Å². The molecular formula is C16H13N3O3. The van der Waals surface area contributed by atoms with Gasteiger partial charge in [-0.05, 0) is 36.4 Å². The molecule has 6 nitrogen and oxygen atoms in total. The standard InChI is InChI=1S/C16H13N3O3/c20-15(18-14-3-1-2-7-17-14)10-19-8-6-11-9-12(16(21)22)4-5-13(11)19/h1-9H,10H2,(H,21,22)(H,17,18,20). The number of pyridine rings is 1. The van der Waals surface area contributed by atoms with Crippen molar-refractivity contribution >= 4 is 28.6 Å². The van der Waals surface area contributed by atoms with Gasteiger partial charge in [-0.15, -0.1) is 0 Å². The number of rotatable bonds is 4. The van der Waals surface area contributed by atoms with Crippen LogP contribution < -0.4 is 5.32 Å². The Morgan fingerprint density at radius 2 is 2.05 bits per heavy atom. The van der Waals surface area contributed by atoms with Crippen LogP contribution in [0.5, 0.6) is 0 Å². The fourth-order valence-corrected chi connectivity index (χ4v) is 2.24. The number of carboxylic acid groups (broad SMARTS) is 1. The molecule has 0 fully saturated rings. The van der Waals surface area contributed by atoms with Gasteiger partial charge in [0.15, 0.2) is 0 Å². The summed E-state index contributed by atoms with van der Waals surface area (Å²) in [5.41, 5.74) is 1.03. The van der Waals surface area contributed by atoms with E-state index in [4.69, 9.17) is 5.11 Å². The molecule has 2 heterocycles. The smallest absolute Gasteiger partial charge is 0.335 e. The predicted octanol–water partition coefficient (Wildman–Crippen LogP) is 2.37. The third-order valence-electron chi connectivity index (χ3n) is 3.26. The van der Waals surface area contributed by atoms with Gasteiger partial charge in [-0.25, -0.2) is 9.78 Å². The van der Waals surface area contributed by atoms with Crippen LogP contribution in [0.15, 0.2) is 54.9 Å². The van der Waals surface area contributed by atoms with E-state index in [0.29, 0.717) is 5.82 Å². The van der Waals surface area contributed by atoms with Crippen LogP contribution in [-0.2, 0) is 11.3 Å². The van der Waals surface area contributed by atoms with Gasteiger partial charge in [-0.2, -0.15) is 0 Å². The Hall–Kier alpha value is -3.15. The first-order chi connectivity index (χ1) is 10.6. The van der Waals surface area contributed by atoms with E-state index in [9.17, 15) is 9.59 Å². The molecule has 2 N–H and O–H groups in total. The number of fused-ring (bicyclic) bond motifs is 1. The number of hydrogen-bond acceptors (Lipinski definition) is 3. The summed E-state index contributed by atoms with van der Waals surface area (Å²) in [6.07, 6.45) is 3.36. The third-order valence-corrected chi connectivity index (χ3v) is 3.26. The monoisotopic (exact) mass is 295 g/mol. The Balaban J connectivity index is 1.79. The number of nitrogens with one attached hydrogen (secondary N) is 1. The Labute approximate surface area is 126 Å². The summed E-state index contributed by atoms with van der Waals surface area (Å²) in [6, 6.07) is 11.9. The molecule has 22 heavy (non-hydrogen) atoms. The molecule has 0 aliphatic heterocycles. The summed E-state index contributed by atoms with van der Waals surface area (Å²) in [6.45, 7) is 0.131. The Morgan fingerprint density at radius 1 is 1.18 bits per heavy atom. The highest BCUT2D eigenvalue weighted by atomic mass is 16.4. The SMILES string of the molecule is O=C(Cn1ccc2cc(C(=O)O)ccc21)Nc1ccccn1. The van der Waals surface area contributed by atoms with Crippen molar-refractivity contribution in [2.24, 2.45) is 0 Å². The van der Waals surface area contributed by atoms with Crippen LogP contribution in [0, 0.1) is 0 Å². The zero-order valence-corrected chi connectivity index (χ0v) is 11.6. The van der Waals surface area contributed by atoms with Crippen molar-refractivity contribution < 1.29 is 14.7 Å². The van der Waals surface area contributed by atoms with E-state index >= 15 is 0 Å². The highest BCUT2D eigenvalue weighted by molar-refractivity contribution is 5.95. The predicted molar refractivity (Wildman–Crippen MR) is 81.8 cm³/mol. The number of hydrogen-bond donors (Lipinski definition) is 2. The molecule has 110 valence electrons. The second-order valence-electron chi connectivity index (χ2n) is 4.79. The summed E-state index contributed by atoms with van der Waals surface area (Å²) in [5, 5.41) is 12.5. The van der Waals surface area contributed by atoms with Crippen molar-refractivity contribution in [3.8, 4) is 0 Å². The minimum absolute atomic E-state index is 0.131. The van der Waals surface area contributed by atoms with E-state index in [1.54, 1.807) is 53.4 Å². The zero-order chi connectivity index (χ0) is 15.5. The van der Waals surface area contributed by atoms with Gasteiger partial charge < -0.3 is 15.0 Å². The molecule has 0 unspecified atom stereocenters. The summed E-state index contributed by atoms with van der Waals surface area (Å²) in [4.78, 5) is 27.0. The molecule has 0 atom stereocenters. The molecule has 1 aromatic carbocycles. The first-order valence-electron chi connectivity index (χ1n) is 6.66. The molecule has 3 rings (SSSR count). The first-order valence-corrected chi connectivity index (χ1v) is 6.66. The van der Waals surface area contributed by atoms with Crippen molar-refractivity contribution in [2.45, 2.75) is 6.54 Å². The average Bonchev–Trinajstić information content (AvgIpc) is 2.90. The minimum Gasteiger partial charge on any atom is -0.478 e. The molecule has 0 aliphatic rings. The van der Waals surface area contributed by atoms with Gasteiger partial charge in [-0.1, -0.05) is 6.07 Å². The van der Waals surface area contributed by atoms with Crippen molar-refractivity contribution in [1.29, 1.82) is 0 Å². The Morgan fingerprint density at radius 3 is 2.77 bits per heavy atom. The van der Waals surface area contributed by atoms with Crippen molar-refractivity contribution in [1.82, 2.24) is 9.55 Å². The molecule has 0 bridgehead atoms. The van der Waals surface area contributed by atoms with Crippen LogP contribution in [0.1, 0.15) is 10.4 Å². The lowest BCUT2D eigenvalue weighted by molar-refractivity contribution is -0.116. The van der Waals surface area contributed by atoms with Gasteiger partial charge >= 0.3 is 5.97 Å². The van der Waals surface area contributed by atoms with Gasteiger partial charge in [0.05, 0.1) is 5.56 Å². The first kappa shape index (κ1) is 13.8. The Bertz CT molecular complexity index is 840. The fraction of sp³-hybridized carbons (Fsp3) is 0.0625. The zero-order valence-electron chi connectivity index (χ0n) is 11.6. The maximum atomic E-state index is 12.0. The number of carboxylic acids is 1. The van der Waals surface area contributed by atoms with Crippen LogP contribution in [0.25, 0.3) is 10.9 Å². The molecule has 2 aromatic heterocycles. The molecular weight excluding hydrogens is 282 g/mol. The summed E-state index contributed by atoms with van der Waals surface area (Å²) in [7, 11) is 0. The topological polar surface area (TPSA) is 84.2 Å². The van der Waals surface area contributed by atoms with Crippen LogP contribution in [-0.4, -0.2) is 26.5 Å². The van der Waals surface area contributed by atoms with Crippen molar-refractivity contribution in [3.05, 3.63) is 60.4 Å². The number of nitrogens with zero attached hydrogens (tertiary/aromatic N) is 2. The molecule has 0 aliphatic carbocycles. The molecule has 0 spiro atoms. The van der Waals surface area contributed by atoms with Crippen LogP contribution in [0.2, 0.25) is 0 Å². The highest BCUT2D eigenvalue weighted by Gasteiger charge is 2.09. The maximum Gasteiger partial charge on any atom is 0.335 e. The average molecular weight is 295 g/mol.